The van der Waals surface area contributed by atoms with Crippen molar-refractivity contribution in [3.8, 4) is 0 Å². The third kappa shape index (κ3) is 13.4. The Morgan fingerprint density at radius 2 is 0.958 bits per heavy atom. The molecule has 0 radical (unpaired) electrons. The fraction of sp³-hybridized carbons (Fsp3) is 0.923. The Hall–Kier alpha value is -1.05. The molecule has 0 aromatic carbocycles. The van der Waals surface area contributed by atoms with Gasteiger partial charge >= 0.3 is 11.8 Å². The molecule has 4 N–H and O–H groups in total. The van der Waals surface area contributed by atoms with E-state index in [0.717, 1.165) is 0 Å². The molecule has 0 aromatic heterocycles. The van der Waals surface area contributed by atoms with Crippen LogP contribution in [0.4, 0.5) is 4.79 Å². The van der Waals surface area contributed by atoms with Crippen LogP contribution in [-0.4, -0.2) is 87.9 Å². The van der Waals surface area contributed by atoms with Gasteiger partial charge < -0.3 is 43.4 Å². The van der Waals surface area contributed by atoms with E-state index in [1.165, 1.54) is 0 Å². The van der Waals surface area contributed by atoms with Gasteiger partial charge in [-0.3, -0.25) is 10.6 Å². The van der Waals surface area contributed by atoms with Gasteiger partial charge in [-0.2, -0.15) is 0 Å². The average molecular weight is 360 g/mol. The third-order valence-corrected chi connectivity index (χ3v) is 2.95. The zero-order valence-electron chi connectivity index (χ0n) is 15.7. The molecule has 0 heterocycles. The third-order valence-electron chi connectivity index (χ3n) is 2.95. The van der Waals surface area contributed by atoms with Gasteiger partial charge in [0.15, 0.2) is 13.2 Å². The van der Waals surface area contributed by atoms with Crippen LogP contribution >= 0.6 is 0 Å². The lowest BCUT2D eigenvalue weighted by Gasteiger charge is -2.24. The maximum absolute atomic E-state index is 8.33. The van der Waals surface area contributed by atoms with E-state index < -0.39 is 18.0 Å². The minimum atomic E-state index is -2.33. The van der Waals surface area contributed by atoms with Gasteiger partial charge in [0.25, 0.3) is 0 Å². The molecular formula is C13H32N2O9. The standard InChI is InChI=1S/2C6H15NO3.CH2O3/c2*1-7-6(9-3,10-4)5-8-2;2-1(3)4/h2*7H,5H2,1-4H3;(H2,2,3,4). The summed E-state index contributed by atoms with van der Waals surface area (Å²) in [5.41, 5.74) is 0. The van der Waals surface area contributed by atoms with Crippen molar-refractivity contribution in [2.75, 3.05) is 70.0 Å². The smallest absolute Gasteiger partial charge is 0.339 e. The Labute approximate surface area is 143 Å². The Bertz CT molecular complexity index is 242. The zero-order chi connectivity index (χ0) is 19.6. The second-order valence-electron chi connectivity index (χ2n) is 4.13. The van der Waals surface area contributed by atoms with E-state index in [2.05, 4.69) is 0 Å². The molecule has 11 nitrogen and oxygen atoms in total. The van der Waals surface area contributed by atoms with E-state index in [0.29, 0.717) is 13.2 Å². The number of carbonyl (C=O) groups is 1. The molecule has 0 rings (SSSR count). The van der Waals surface area contributed by atoms with Gasteiger partial charge in [-0.1, -0.05) is 0 Å². The molecule has 0 saturated heterocycles. The van der Waals surface area contributed by atoms with Crippen LogP contribution in [0.15, 0.2) is 0 Å². The van der Waals surface area contributed by atoms with Crippen LogP contribution < -0.4 is 20.8 Å². The van der Waals surface area contributed by atoms with E-state index in [1.54, 1.807) is 42.7 Å². The molecule has 0 unspecified atom stereocenters. The molecule has 0 fully saturated rings. The average Bonchev–Trinajstić information content (AvgIpc) is 2.58. The number of hydrogen-bond donors (Lipinski definition) is 2. The number of methoxy groups -OCH3 is 6. The van der Waals surface area contributed by atoms with Gasteiger partial charge in [0, 0.05) is 42.7 Å². The fourth-order valence-corrected chi connectivity index (χ4v) is 1.44. The fourth-order valence-electron chi connectivity index (χ4n) is 1.44. The highest BCUT2D eigenvalue weighted by atomic mass is 16.7. The Morgan fingerprint density at radius 3 is 1.00 bits per heavy atom. The topological polar surface area (TPSA) is 152 Å². The second kappa shape index (κ2) is 16.8. The van der Waals surface area contributed by atoms with E-state index in [-0.39, 0.29) is 0 Å². The monoisotopic (exact) mass is 360 g/mol. The van der Waals surface area contributed by atoms with Crippen LogP contribution in [-0.2, 0) is 28.4 Å². The highest BCUT2D eigenvalue weighted by Gasteiger charge is 2.32. The quantitative estimate of drug-likeness (QED) is 0.365. The SMILES string of the molecule is C[NH2+]C(COC)(OC)OC.C[NH2+]C(COC)(OC)OC.O=C([O-])[O-]. The normalized spacial score (nSPS) is 11.0. The van der Waals surface area contributed by atoms with Crippen molar-refractivity contribution in [2.45, 2.75) is 11.8 Å². The highest BCUT2D eigenvalue weighted by Crippen LogP contribution is 1.99. The van der Waals surface area contributed by atoms with E-state index in [4.69, 9.17) is 43.4 Å². The number of ether oxygens (including phenoxy) is 6. The molecule has 0 spiro atoms. The molecule has 148 valence electrons. The summed E-state index contributed by atoms with van der Waals surface area (Å²) in [6, 6.07) is 0. The van der Waals surface area contributed by atoms with Crippen molar-refractivity contribution in [1.29, 1.82) is 0 Å². The molecule has 0 aliphatic carbocycles. The van der Waals surface area contributed by atoms with Crippen LogP contribution in [0, 0.1) is 0 Å². The number of carbonyl (C=O) groups excluding carboxylic acids is 1. The van der Waals surface area contributed by atoms with Gasteiger partial charge in [0.05, 0.1) is 14.1 Å². The molecular weight excluding hydrogens is 328 g/mol. The van der Waals surface area contributed by atoms with E-state index >= 15 is 0 Å². The van der Waals surface area contributed by atoms with Gasteiger partial charge in [-0.25, -0.2) is 0 Å². The molecule has 0 bridgehead atoms. The summed E-state index contributed by atoms with van der Waals surface area (Å²) in [5, 5.41) is 20.3. The lowest BCUT2D eigenvalue weighted by molar-refractivity contribution is -0.797. The van der Waals surface area contributed by atoms with Gasteiger partial charge in [-0.15, -0.1) is 0 Å². The predicted molar refractivity (Wildman–Crippen MR) is 78.3 cm³/mol. The summed E-state index contributed by atoms with van der Waals surface area (Å²) in [5.74, 6) is -1.34. The number of hydrogen-bond acceptors (Lipinski definition) is 9. The molecule has 11 heteroatoms. The lowest BCUT2D eigenvalue weighted by Crippen LogP contribution is -2.96. The largest absolute Gasteiger partial charge is 0.652 e. The Balaban J connectivity index is -0.000000301. The van der Waals surface area contributed by atoms with Crippen molar-refractivity contribution in [1.82, 2.24) is 0 Å². The molecule has 0 aliphatic rings. The van der Waals surface area contributed by atoms with Crippen molar-refractivity contribution < 1.29 is 54.1 Å². The minimum Gasteiger partial charge on any atom is -0.652 e. The Morgan fingerprint density at radius 1 is 0.750 bits per heavy atom. The van der Waals surface area contributed by atoms with E-state index in [1.807, 2.05) is 24.7 Å². The summed E-state index contributed by atoms with van der Waals surface area (Å²) in [4.78, 5) is 8.33. The van der Waals surface area contributed by atoms with Crippen LogP contribution in [0.5, 0.6) is 0 Å². The van der Waals surface area contributed by atoms with Gasteiger partial charge in [0.1, 0.15) is 0 Å². The maximum Gasteiger partial charge on any atom is 0.339 e. The first-order valence-corrected chi connectivity index (χ1v) is 6.89. The van der Waals surface area contributed by atoms with Crippen LogP contribution in [0.1, 0.15) is 0 Å². The maximum atomic E-state index is 8.33. The number of nitrogens with two attached hydrogens (primary N) is 2. The number of carboxylic acid groups (broad SMARTS) is 2. The summed E-state index contributed by atoms with van der Waals surface area (Å²) in [6.07, 6.45) is -2.33. The van der Waals surface area contributed by atoms with Gasteiger partial charge in [-0.05, 0) is 6.16 Å². The van der Waals surface area contributed by atoms with Crippen molar-refractivity contribution in [3.63, 3.8) is 0 Å². The number of quaternary nitrogens is 2. The lowest BCUT2D eigenvalue weighted by atomic mass is 10.5. The van der Waals surface area contributed by atoms with E-state index in [9.17, 15) is 0 Å². The first kappa shape index (κ1) is 27.8. The molecule has 0 amide bonds. The number of likely N-dealkylation sites (N-methyl/N-ethyl adjacent to an activating group) is 2. The molecule has 0 aliphatic heterocycles. The predicted octanol–water partition coefficient (Wildman–Crippen LogP) is -4.90. The van der Waals surface area contributed by atoms with Crippen molar-refractivity contribution in [2.24, 2.45) is 0 Å². The van der Waals surface area contributed by atoms with Crippen molar-refractivity contribution in [3.05, 3.63) is 0 Å². The first-order chi connectivity index (χ1) is 11.2. The van der Waals surface area contributed by atoms with Crippen LogP contribution in [0.25, 0.3) is 0 Å². The molecule has 0 saturated carbocycles. The summed E-state index contributed by atoms with van der Waals surface area (Å²) < 4.78 is 30.1. The van der Waals surface area contributed by atoms with Gasteiger partial charge in [0.2, 0.25) is 0 Å². The van der Waals surface area contributed by atoms with Crippen LogP contribution in [0.2, 0.25) is 0 Å². The summed E-state index contributed by atoms with van der Waals surface area (Å²) >= 11 is 0. The summed E-state index contributed by atoms with van der Waals surface area (Å²) in [7, 11) is 13.3. The highest BCUT2D eigenvalue weighted by molar-refractivity contribution is 5.47. The second-order valence-corrected chi connectivity index (χ2v) is 4.13. The zero-order valence-corrected chi connectivity index (χ0v) is 15.7. The molecule has 24 heavy (non-hydrogen) atoms. The molecule has 0 aromatic rings. The Kier molecular flexibility index (Phi) is 19.4. The molecule has 0 atom stereocenters. The minimum absolute atomic E-state index is 0.413. The van der Waals surface area contributed by atoms with Crippen LogP contribution in [0.3, 0.4) is 0 Å². The summed E-state index contributed by atoms with van der Waals surface area (Å²) in [6.45, 7) is 0.826. The number of rotatable bonds is 10. The van der Waals surface area contributed by atoms with Crippen molar-refractivity contribution >= 4 is 6.16 Å². The first-order valence-electron chi connectivity index (χ1n) is 6.89.